The van der Waals surface area contributed by atoms with E-state index < -0.39 is 0 Å². The Hall–Kier alpha value is -3.29. The number of H-pyrrole nitrogens is 1. The second kappa shape index (κ2) is 9.29. The third kappa shape index (κ3) is 5.05. The Kier molecular flexibility index (Phi) is 6.07. The molecule has 1 fully saturated rings. The van der Waals surface area contributed by atoms with Gasteiger partial charge >= 0.3 is 0 Å². The van der Waals surface area contributed by atoms with Crippen LogP contribution in [-0.4, -0.2) is 27.8 Å². The van der Waals surface area contributed by atoms with Crippen molar-refractivity contribution < 1.29 is 9.59 Å². The maximum atomic E-state index is 13.0. The molecule has 8 heteroatoms. The van der Waals surface area contributed by atoms with Crippen LogP contribution >= 0.6 is 23.4 Å². The minimum Gasteiger partial charge on any atom is -0.349 e. The summed E-state index contributed by atoms with van der Waals surface area (Å²) in [4.78, 5) is 33.2. The minimum absolute atomic E-state index is 0.187. The molecular weight excluding hydrogens is 456 g/mol. The molecule has 0 spiro atoms. The number of halogens is 1. The highest BCUT2D eigenvalue weighted by Gasteiger charge is 2.24. The van der Waals surface area contributed by atoms with Crippen LogP contribution in [0.3, 0.4) is 0 Å². The Morgan fingerprint density at radius 1 is 1.00 bits per heavy atom. The number of para-hydroxylation sites is 2. The lowest BCUT2D eigenvalue weighted by molar-refractivity contribution is 0.0950. The van der Waals surface area contributed by atoms with Crippen LogP contribution in [-0.2, 0) is 5.75 Å². The zero-order valence-electron chi connectivity index (χ0n) is 17.6. The first kappa shape index (κ1) is 21.6. The molecule has 6 nitrogen and oxygen atoms in total. The molecule has 5 rings (SSSR count). The Morgan fingerprint density at radius 2 is 1.79 bits per heavy atom. The number of rotatable bonds is 7. The van der Waals surface area contributed by atoms with E-state index >= 15 is 0 Å². The fourth-order valence-electron chi connectivity index (χ4n) is 3.48. The van der Waals surface area contributed by atoms with Crippen LogP contribution in [0.4, 0.5) is 5.69 Å². The van der Waals surface area contributed by atoms with Gasteiger partial charge in [0.25, 0.3) is 11.8 Å². The van der Waals surface area contributed by atoms with Crippen LogP contribution < -0.4 is 10.6 Å². The van der Waals surface area contributed by atoms with E-state index in [1.54, 1.807) is 36.0 Å². The number of aromatic nitrogens is 2. The lowest BCUT2D eigenvalue weighted by atomic mass is 10.1. The fraction of sp³-hybridized carbons (Fsp3) is 0.160. The number of hydrogen-bond acceptors (Lipinski definition) is 4. The number of nitrogens with one attached hydrogen (secondary N) is 3. The van der Waals surface area contributed by atoms with Crippen molar-refractivity contribution in [2.24, 2.45) is 0 Å². The number of fused-ring (bicyclic) bond motifs is 1. The van der Waals surface area contributed by atoms with Crippen molar-refractivity contribution in [3.63, 3.8) is 0 Å². The minimum atomic E-state index is -0.234. The molecule has 0 bridgehead atoms. The number of imidazole rings is 1. The highest BCUT2D eigenvalue weighted by molar-refractivity contribution is 7.98. The van der Waals surface area contributed by atoms with Gasteiger partial charge < -0.3 is 15.6 Å². The first-order valence-electron chi connectivity index (χ1n) is 10.6. The van der Waals surface area contributed by atoms with Crippen LogP contribution in [0.5, 0.6) is 0 Å². The van der Waals surface area contributed by atoms with Gasteiger partial charge in [-0.3, -0.25) is 9.59 Å². The second-order valence-corrected chi connectivity index (χ2v) is 9.27. The third-order valence-corrected chi connectivity index (χ3v) is 6.61. The van der Waals surface area contributed by atoms with E-state index in [4.69, 9.17) is 11.6 Å². The Labute approximate surface area is 200 Å². The number of nitrogens with zero attached hydrogens (tertiary/aromatic N) is 1. The molecule has 1 saturated carbocycles. The van der Waals surface area contributed by atoms with Gasteiger partial charge in [0, 0.05) is 23.0 Å². The SMILES string of the molecule is O=C(NC1CC1)c1ccc(NC(=O)c2ccccc2CSc2nc3ccccc3[nH]2)cc1Cl. The summed E-state index contributed by atoms with van der Waals surface area (Å²) in [7, 11) is 0. The van der Waals surface area contributed by atoms with Gasteiger partial charge in [-0.25, -0.2) is 4.98 Å². The second-order valence-electron chi connectivity index (χ2n) is 7.90. The predicted octanol–water partition coefficient (Wildman–Crippen LogP) is 5.65. The number of benzene rings is 3. The number of anilines is 1. The van der Waals surface area contributed by atoms with Crippen molar-refractivity contribution in [1.29, 1.82) is 0 Å². The molecule has 3 N–H and O–H groups in total. The van der Waals surface area contributed by atoms with Crippen LogP contribution in [0, 0.1) is 0 Å². The van der Waals surface area contributed by atoms with Crippen LogP contribution in [0.1, 0.15) is 39.1 Å². The lowest BCUT2D eigenvalue weighted by Crippen LogP contribution is -2.25. The van der Waals surface area contributed by atoms with Crippen molar-refractivity contribution in [3.05, 3.63) is 88.4 Å². The van der Waals surface area contributed by atoms with Gasteiger partial charge in [-0.05, 0) is 54.8 Å². The summed E-state index contributed by atoms with van der Waals surface area (Å²) in [5.41, 5.74) is 4.31. The molecule has 0 radical (unpaired) electrons. The summed E-state index contributed by atoms with van der Waals surface area (Å²) in [5, 5.41) is 6.92. The van der Waals surface area contributed by atoms with Crippen LogP contribution in [0.25, 0.3) is 11.0 Å². The number of carbonyl (C=O) groups excluding carboxylic acids is 2. The van der Waals surface area contributed by atoms with Crippen LogP contribution in [0.2, 0.25) is 5.02 Å². The van der Waals surface area contributed by atoms with Gasteiger partial charge in [0.2, 0.25) is 0 Å². The first-order valence-corrected chi connectivity index (χ1v) is 12.0. The topological polar surface area (TPSA) is 86.9 Å². The molecule has 2 amide bonds. The fourth-order valence-corrected chi connectivity index (χ4v) is 4.63. The lowest BCUT2D eigenvalue weighted by Gasteiger charge is -2.11. The van der Waals surface area contributed by atoms with E-state index in [9.17, 15) is 9.59 Å². The number of hydrogen-bond donors (Lipinski definition) is 3. The monoisotopic (exact) mass is 476 g/mol. The first-order chi connectivity index (χ1) is 16.1. The Balaban J connectivity index is 1.28. The standard InChI is InChI=1S/C25H21ClN4O2S/c26-20-13-17(11-12-19(20)24(32)27-16-9-10-16)28-23(31)18-6-2-1-5-15(18)14-33-25-29-21-7-3-4-8-22(21)30-25/h1-8,11-13,16H,9-10,14H2,(H,27,32)(H,28,31)(H,29,30). The molecule has 3 aromatic carbocycles. The normalized spacial score (nSPS) is 13.1. The van der Waals surface area contributed by atoms with Crippen LogP contribution in [0.15, 0.2) is 71.9 Å². The number of aromatic amines is 1. The molecule has 166 valence electrons. The molecule has 1 aromatic heterocycles. The quantitative estimate of drug-likeness (QED) is 0.301. The van der Waals surface area contributed by atoms with E-state index in [0.717, 1.165) is 34.6 Å². The summed E-state index contributed by atoms with van der Waals surface area (Å²) < 4.78 is 0. The van der Waals surface area contributed by atoms with Gasteiger partial charge in [-0.2, -0.15) is 0 Å². The highest BCUT2D eigenvalue weighted by Crippen LogP contribution is 2.27. The summed E-state index contributed by atoms with van der Waals surface area (Å²) >= 11 is 7.86. The van der Waals surface area contributed by atoms with Crippen molar-refractivity contribution in [2.45, 2.75) is 29.8 Å². The van der Waals surface area contributed by atoms with Crippen molar-refractivity contribution in [2.75, 3.05) is 5.32 Å². The van der Waals surface area contributed by atoms with E-state index in [-0.39, 0.29) is 17.9 Å². The zero-order chi connectivity index (χ0) is 22.8. The third-order valence-electron chi connectivity index (χ3n) is 5.38. The molecule has 0 aliphatic heterocycles. The van der Waals surface area contributed by atoms with Gasteiger partial charge in [-0.15, -0.1) is 0 Å². The number of thioether (sulfide) groups is 1. The molecule has 0 saturated heterocycles. The molecule has 33 heavy (non-hydrogen) atoms. The summed E-state index contributed by atoms with van der Waals surface area (Å²) in [5.74, 6) is 0.167. The molecular formula is C25H21ClN4O2S. The Morgan fingerprint density at radius 3 is 2.58 bits per heavy atom. The smallest absolute Gasteiger partial charge is 0.255 e. The zero-order valence-corrected chi connectivity index (χ0v) is 19.2. The Bertz CT molecular complexity index is 1320. The van der Waals surface area contributed by atoms with Gasteiger partial charge in [0.1, 0.15) is 0 Å². The van der Waals surface area contributed by atoms with Gasteiger partial charge in [-0.1, -0.05) is 53.7 Å². The predicted molar refractivity (Wildman–Crippen MR) is 132 cm³/mol. The summed E-state index contributed by atoms with van der Waals surface area (Å²) in [6, 6.07) is 20.5. The molecule has 1 aliphatic rings. The summed E-state index contributed by atoms with van der Waals surface area (Å²) in [6.07, 6.45) is 2.01. The largest absolute Gasteiger partial charge is 0.349 e. The van der Waals surface area contributed by atoms with E-state index in [1.807, 2.05) is 42.5 Å². The molecule has 1 heterocycles. The van der Waals surface area contributed by atoms with Crippen molar-refractivity contribution in [3.8, 4) is 0 Å². The molecule has 4 aromatic rings. The molecule has 0 unspecified atom stereocenters. The summed E-state index contributed by atoms with van der Waals surface area (Å²) in [6.45, 7) is 0. The molecule has 1 aliphatic carbocycles. The van der Waals surface area contributed by atoms with Gasteiger partial charge in [0.05, 0.1) is 21.6 Å². The van der Waals surface area contributed by atoms with Crippen molar-refractivity contribution in [1.82, 2.24) is 15.3 Å². The average Bonchev–Trinajstić information content (AvgIpc) is 3.52. The molecule has 0 atom stereocenters. The average molecular weight is 477 g/mol. The van der Waals surface area contributed by atoms with Crippen molar-refractivity contribution >= 4 is 51.9 Å². The highest BCUT2D eigenvalue weighted by atomic mass is 35.5. The maximum Gasteiger partial charge on any atom is 0.255 e. The van der Waals surface area contributed by atoms with E-state index in [0.29, 0.717) is 27.6 Å². The van der Waals surface area contributed by atoms with Gasteiger partial charge in [0.15, 0.2) is 5.16 Å². The number of carbonyl (C=O) groups is 2. The van der Waals surface area contributed by atoms with E-state index in [1.165, 1.54) is 0 Å². The van der Waals surface area contributed by atoms with E-state index in [2.05, 4.69) is 20.6 Å². The number of amides is 2. The maximum absolute atomic E-state index is 13.0.